The minimum atomic E-state index is -1.04. The van der Waals surface area contributed by atoms with Gasteiger partial charge in [0.1, 0.15) is 11.5 Å². The lowest BCUT2D eigenvalue weighted by Crippen LogP contribution is -2.40. The average molecular weight is 574 g/mol. The van der Waals surface area contributed by atoms with Crippen molar-refractivity contribution in [2.45, 2.75) is 26.8 Å². The summed E-state index contributed by atoms with van der Waals surface area (Å²) in [6.45, 7) is 5.00. The van der Waals surface area contributed by atoms with Gasteiger partial charge in [0.05, 0.1) is 38.9 Å². The number of carbonyl (C=O) groups excluding carboxylic acids is 1. The number of carboxylic acid groups (broad SMARTS) is 1. The Bertz CT molecular complexity index is 1930. The van der Waals surface area contributed by atoms with Crippen LogP contribution in [-0.2, 0) is 9.53 Å². The molecular weight excluding hydrogens is 550 g/mol. The zero-order valence-electron chi connectivity index (χ0n) is 22.1. The molecule has 11 nitrogen and oxygen atoms in total. The van der Waals surface area contributed by atoms with Crippen molar-refractivity contribution < 1.29 is 28.8 Å². The Balaban J connectivity index is 1.63. The number of hydrogen-bond acceptors (Lipinski definition) is 9. The highest BCUT2D eigenvalue weighted by molar-refractivity contribution is 7.07. The number of nitro benzene ring substituents is 1. The number of aromatic carboxylic acids is 1. The van der Waals surface area contributed by atoms with E-state index < -0.39 is 28.5 Å². The number of carbonyl (C=O) groups is 2. The van der Waals surface area contributed by atoms with Crippen LogP contribution in [0.3, 0.4) is 0 Å². The number of nitrogens with zero attached hydrogens (tertiary/aromatic N) is 3. The van der Waals surface area contributed by atoms with Crippen LogP contribution < -0.4 is 14.9 Å². The van der Waals surface area contributed by atoms with Gasteiger partial charge in [0.25, 0.3) is 11.2 Å². The first-order chi connectivity index (χ1) is 19.6. The van der Waals surface area contributed by atoms with Crippen LogP contribution >= 0.6 is 11.3 Å². The maximum Gasteiger partial charge on any atom is 0.338 e. The van der Waals surface area contributed by atoms with Crippen molar-refractivity contribution in [2.75, 3.05) is 6.61 Å². The van der Waals surface area contributed by atoms with Gasteiger partial charge in [0.2, 0.25) is 0 Å². The first-order valence-corrected chi connectivity index (χ1v) is 13.3. The van der Waals surface area contributed by atoms with Crippen LogP contribution in [0.1, 0.15) is 47.1 Å². The summed E-state index contributed by atoms with van der Waals surface area (Å²) in [5.74, 6) is -0.851. The fraction of sp³-hybridized carbons (Fsp3) is 0.172. The fourth-order valence-corrected chi connectivity index (χ4v) is 5.62. The molecule has 1 aliphatic heterocycles. The maximum absolute atomic E-state index is 13.8. The van der Waals surface area contributed by atoms with Crippen LogP contribution in [0.15, 0.2) is 80.1 Å². The third kappa shape index (κ3) is 5.12. The minimum absolute atomic E-state index is 0.0979. The molecule has 0 saturated carbocycles. The van der Waals surface area contributed by atoms with Gasteiger partial charge in [-0.3, -0.25) is 19.5 Å². The predicted molar refractivity (Wildman–Crippen MR) is 149 cm³/mol. The van der Waals surface area contributed by atoms with E-state index in [0.29, 0.717) is 38.7 Å². The number of esters is 1. The molecule has 12 heteroatoms. The number of benzene rings is 2. The summed E-state index contributed by atoms with van der Waals surface area (Å²) in [6.07, 6.45) is 1.55. The molecule has 0 fully saturated rings. The fourth-order valence-electron chi connectivity index (χ4n) is 4.59. The Hall–Kier alpha value is -5.10. The second-order valence-electron chi connectivity index (χ2n) is 9.19. The van der Waals surface area contributed by atoms with Crippen LogP contribution in [-0.4, -0.2) is 33.1 Å². The Morgan fingerprint density at radius 1 is 1.17 bits per heavy atom. The van der Waals surface area contributed by atoms with Gasteiger partial charge in [0, 0.05) is 23.3 Å². The number of allylic oxidation sites excluding steroid dienone is 1. The molecule has 0 radical (unpaired) electrons. The Labute approximate surface area is 236 Å². The zero-order valence-corrected chi connectivity index (χ0v) is 22.9. The molecule has 0 bridgehead atoms. The molecule has 208 valence electrons. The summed E-state index contributed by atoms with van der Waals surface area (Å²) in [5.41, 5.74) is 1.48. The molecular formula is C29H23N3O8S. The largest absolute Gasteiger partial charge is 0.478 e. The highest BCUT2D eigenvalue weighted by Crippen LogP contribution is 2.33. The standard InChI is InChI=1S/C29H23N3O8S/c1-4-39-28(36)24-16(3)30-29-31(25(24)19-6-5-15(2)21(13-19)32(37)38)26(33)23(41-29)14-20-11-12-22(40-20)17-7-9-18(10-8-17)27(34)35/h5-14,25H,4H2,1-3H3,(H,34,35)/b23-14+/t25-/m0/s1. The Kier molecular flexibility index (Phi) is 7.24. The van der Waals surface area contributed by atoms with Gasteiger partial charge in [0.15, 0.2) is 4.80 Å². The summed E-state index contributed by atoms with van der Waals surface area (Å²) in [4.78, 5) is 54.0. The number of nitro groups is 1. The summed E-state index contributed by atoms with van der Waals surface area (Å²) >= 11 is 1.09. The zero-order chi connectivity index (χ0) is 29.4. The second kappa shape index (κ2) is 10.8. The van der Waals surface area contributed by atoms with E-state index in [9.17, 15) is 24.5 Å². The summed E-state index contributed by atoms with van der Waals surface area (Å²) in [7, 11) is 0. The smallest absolute Gasteiger partial charge is 0.338 e. The molecule has 3 heterocycles. The van der Waals surface area contributed by atoms with Gasteiger partial charge in [-0.25, -0.2) is 14.6 Å². The maximum atomic E-state index is 13.8. The normalized spacial score (nSPS) is 14.9. The number of aromatic nitrogens is 1. The van der Waals surface area contributed by atoms with E-state index in [2.05, 4.69) is 4.99 Å². The number of fused-ring (bicyclic) bond motifs is 1. The number of thiazole rings is 1. The molecule has 1 N–H and O–H groups in total. The number of furan rings is 1. The molecule has 0 spiro atoms. The first-order valence-electron chi connectivity index (χ1n) is 12.5. The molecule has 0 unspecified atom stereocenters. The topological polar surface area (TPSA) is 154 Å². The molecule has 0 saturated heterocycles. The predicted octanol–water partition coefficient (Wildman–Crippen LogP) is 3.97. The number of ether oxygens (including phenoxy) is 1. The van der Waals surface area contributed by atoms with Crippen LogP contribution in [0.2, 0.25) is 0 Å². The highest BCUT2D eigenvalue weighted by atomic mass is 32.1. The van der Waals surface area contributed by atoms with Gasteiger partial charge >= 0.3 is 11.9 Å². The quantitative estimate of drug-likeness (QED) is 0.198. The van der Waals surface area contributed by atoms with E-state index in [4.69, 9.17) is 14.3 Å². The second-order valence-corrected chi connectivity index (χ2v) is 10.2. The van der Waals surface area contributed by atoms with Crippen LogP contribution in [0.4, 0.5) is 5.69 Å². The minimum Gasteiger partial charge on any atom is -0.478 e. The highest BCUT2D eigenvalue weighted by Gasteiger charge is 2.34. The van der Waals surface area contributed by atoms with Crippen molar-refractivity contribution in [2.24, 2.45) is 4.99 Å². The van der Waals surface area contributed by atoms with Gasteiger partial charge in [-0.1, -0.05) is 35.6 Å². The van der Waals surface area contributed by atoms with Crippen LogP contribution in [0.5, 0.6) is 0 Å². The van der Waals surface area contributed by atoms with Crippen molar-refractivity contribution in [1.82, 2.24) is 4.57 Å². The number of aryl methyl sites for hydroxylation is 1. The monoisotopic (exact) mass is 573 g/mol. The number of rotatable bonds is 7. The van der Waals surface area contributed by atoms with E-state index in [1.54, 1.807) is 63.2 Å². The van der Waals surface area contributed by atoms with Crippen molar-refractivity contribution in [3.05, 3.63) is 118 Å². The Morgan fingerprint density at radius 2 is 1.90 bits per heavy atom. The van der Waals surface area contributed by atoms with Crippen molar-refractivity contribution in [1.29, 1.82) is 0 Å². The van der Waals surface area contributed by atoms with Crippen molar-refractivity contribution in [3.63, 3.8) is 0 Å². The van der Waals surface area contributed by atoms with E-state index in [-0.39, 0.29) is 28.0 Å². The third-order valence-electron chi connectivity index (χ3n) is 6.58. The van der Waals surface area contributed by atoms with Crippen molar-refractivity contribution >= 4 is 35.0 Å². The van der Waals surface area contributed by atoms with Crippen LogP contribution in [0.25, 0.3) is 17.4 Å². The lowest BCUT2D eigenvalue weighted by atomic mass is 9.94. The SMILES string of the molecule is CCOC(=O)C1=C(C)N=c2s/c(=C/c3ccc(-c4ccc(C(=O)O)cc4)o3)c(=O)n2[C@H]1c1ccc(C)c([N+](=O)[O-])c1. The molecule has 0 amide bonds. The lowest BCUT2D eigenvalue weighted by molar-refractivity contribution is -0.385. The molecule has 1 atom stereocenters. The lowest BCUT2D eigenvalue weighted by Gasteiger charge is -2.24. The van der Waals surface area contributed by atoms with E-state index in [1.165, 1.54) is 22.8 Å². The first kappa shape index (κ1) is 27.5. The number of hydrogen-bond donors (Lipinski definition) is 1. The van der Waals surface area contributed by atoms with E-state index in [0.717, 1.165) is 11.3 Å². The molecule has 2 aromatic carbocycles. The molecule has 2 aromatic heterocycles. The van der Waals surface area contributed by atoms with Gasteiger partial charge in [-0.15, -0.1) is 0 Å². The van der Waals surface area contributed by atoms with E-state index >= 15 is 0 Å². The van der Waals surface area contributed by atoms with Crippen molar-refractivity contribution in [3.8, 4) is 11.3 Å². The molecule has 4 aromatic rings. The number of carboxylic acids is 1. The van der Waals surface area contributed by atoms with Gasteiger partial charge in [-0.2, -0.15) is 0 Å². The summed E-state index contributed by atoms with van der Waals surface area (Å²) in [6, 6.07) is 13.2. The summed E-state index contributed by atoms with van der Waals surface area (Å²) < 4.78 is 12.8. The third-order valence-corrected chi connectivity index (χ3v) is 7.56. The molecule has 0 aliphatic carbocycles. The molecule has 5 rings (SSSR count). The average Bonchev–Trinajstić information content (AvgIpc) is 3.52. The van der Waals surface area contributed by atoms with Gasteiger partial charge in [-0.05, 0) is 50.6 Å². The molecule has 1 aliphatic rings. The molecule has 41 heavy (non-hydrogen) atoms. The van der Waals surface area contributed by atoms with E-state index in [1.807, 2.05) is 0 Å². The van der Waals surface area contributed by atoms with Gasteiger partial charge < -0.3 is 14.3 Å². The Morgan fingerprint density at radius 3 is 2.56 bits per heavy atom. The van der Waals surface area contributed by atoms with Crippen LogP contribution in [0, 0.1) is 17.0 Å². The summed E-state index contributed by atoms with van der Waals surface area (Å²) in [5, 5.41) is 20.8.